The molecule has 1 aromatic carbocycles. The highest BCUT2D eigenvalue weighted by molar-refractivity contribution is 7.19. The summed E-state index contributed by atoms with van der Waals surface area (Å²) in [7, 11) is 0. The minimum absolute atomic E-state index is 0.102. The van der Waals surface area contributed by atoms with Crippen LogP contribution in [-0.2, 0) is 16.1 Å². The van der Waals surface area contributed by atoms with Gasteiger partial charge in [0.2, 0.25) is 5.91 Å². The Morgan fingerprint density at radius 1 is 1.36 bits per heavy atom. The van der Waals surface area contributed by atoms with Crippen LogP contribution in [0.4, 0.5) is 0 Å². The second-order valence-corrected chi connectivity index (χ2v) is 6.72. The van der Waals surface area contributed by atoms with Gasteiger partial charge in [0.05, 0.1) is 6.04 Å². The number of hydrogen-bond acceptors (Lipinski definition) is 4. The van der Waals surface area contributed by atoms with Crippen molar-refractivity contribution in [1.82, 2.24) is 9.80 Å². The number of fused-ring (bicyclic) bond motifs is 1. The number of benzene rings is 1. The topological polar surface area (TPSA) is 60.9 Å². The van der Waals surface area contributed by atoms with E-state index in [0.29, 0.717) is 13.1 Å². The fourth-order valence-electron chi connectivity index (χ4n) is 2.82. The molecule has 5 nitrogen and oxygen atoms in total. The van der Waals surface area contributed by atoms with E-state index in [9.17, 15) is 9.59 Å². The molecule has 1 saturated heterocycles. The molecule has 0 saturated carbocycles. The van der Waals surface area contributed by atoms with Crippen LogP contribution in [0.5, 0.6) is 0 Å². The summed E-state index contributed by atoms with van der Waals surface area (Å²) in [6, 6.07) is 10.1. The molecule has 1 aliphatic rings. The van der Waals surface area contributed by atoms with Crippen LogP contribution in [0.3, 0.4) is 0 Å². The Morgan fingerprint density at radius 3 is 2.86 bits per heavy atom. The third kappa shape index (κ3) is 2.98. The largest absolute Gasteiger partial charge is 0.480 e. The van der Waals surface area contributed by atoms with Gasteiger partial charge >= 0.3 is 5.97 Å². The second kappa shape index (κ2) is 6.06. The highest BCUT2D eigenvalue weighted by atomic mass is 32.1. The number of carbonyl (C=O) groups excluding carboxylic acids is 1. The van der Waals surface area contributed by atoms with Crippen LogP contribution in [-0.4, -0.2) is 52.5 Å². The summed E-state index contributed by atoms with van der Waals surface area (Å²) < 4.78 is 1.25. The summed E-state index contributed by atoms with van der Waals surface area (Å²) in [4.78, 5) is 27.8. The van der Waals surface area contributed by atoms with Gasteiger partial charge in [0.1, 0.15) is 6.54 Å². The number of aliphatic carboxylic acids is 1. The fourth-order valence-corrected chi connectivity index (χ4v) is 3.91. The molecule has 2 heterocycles. The lowest BCUT2D eigenvalue weighted by molar-refractivity contribution is -0.150. The quantitative estimate of drug-likeness (QED) is 0.937. The fraction of sp³-hybridized carbons (Fsp3) is 0.375. The molecule has 116 valence electrons. The maximum atomic E-state index is 12.3. The molecule has 1 fully saturated rings. The molecule has 1 amide bonds. The normalized spacial score (nSPS) is 19.8. The molecule has 0 aliphatic carbocycles. The first-order valence-corrected chi connectivity index (χ1v) is 8.08. The molecule has 1 aliphatic heterocycles. The van der Waals surface area contributed by atoms with Gasteiger partial charge in [-0.2, -0.15) is 0 Å². The van der Waals surface area contributed by atoms with Gasteiger partial charge in [-0.1, -0.05) is 18.2 Å². The van der Waals surface area contributed by atoms with E-state index in [-0.39, 0.29) is 18.5 Å². The standard InChI is InChI=1S/C16H18N2O3S/c1-11-16(21)18(10-15(19)20)7-6-17(11)9-13-8-12-4-2-3-5-14(12)22-13/h2-5,8,11H,6-7,9-10H2,1H3,(H,19,20)/t11-/m1/s1. The molecular weight excluding hydrogens is 300 g/mol. The Labute approximate surface area is 132 Å². The molecule has 2 aromatic rings. The molecule has 3 rings (SSSR count). The van der Waals surface area contributed by atoms with Crippen LogP contribution in [0, 0.1) is 0 Å². The van der Waals surface area contributed by atoms with E-state index in [1.807, 2.05) is 19.1 Å². The molecule has 1 aromatic heterocycles. The summed E-state index contributed by atoms with van der Waals surface area (Å²) in [6.45, 7) is 3.55. The molecule has 0 unspecified atom stereocenters. The minimum Gasteiger partial charge on any atom is -0.480 e. The zero-order chi connectivity index (χ0) is 15.7. The SMILES string of the molecule is C[C@@H]1C(=O)N(CC(=O)O)CCN1Cc1cc2ccccc2s1. The third-order valence-electron chi connectivity index (χ3n) is 4.04. The highest BCUT2D eigenvalue weighted by Crippen LogP contribution is 2.27. The second-order valence-electron chi connectivity index (χ2n) is 5.55. The average molecular weight is 318 g/mol. The summed E-state index contributed by atoms with van der Waals surface area (Å²) in [6.07, 6.45) is 0. The van der Waals surface area contributed by atoms with Crippen molar-refractivity contribution in [3.8, 4) is 0 Å². The number of hydrogen-bond donors (Lipinski definition) is 1. The summed E-state index contributed by atoms with van der Waals surface area (Å²) in [5.74, 6) is -1.06. The van der Waals surface area contributed by atoms with Crippen molar-refractivity contribution in [2.45, 2.75) is 19.5 Å². The van der Waals surface area contributed by atoms with Gasteiger partial charge in [-0.3, -0.25) is 14.5 Å². The van der Waals surface area contributed by atoms with Crippen molar-refractivity contribution in [3.05, 3.63) is 35.2 Å². The van der Waals surface area contributed by atoms with Gasteiger partial charge in [-0.15, -0.1) is 11.3 Å². The maximum absolute atomic E-state index is 12.3. The van der Waals surface area contributed by atoms with E-state index in [1.54, 1.807) is 11.3 Å². The monoisotopic (exact) mass is 318 g/mol. The predicted octanol–water partition coefficient (Wildman–Crippen LogP) is 2.02. The zero-order valence-corrected chi connectivity index (χ0v) is 13.2. The molecule has 0 bridgehead atoms. The average Bonchev–Trinajstić information content (AvgIpc) is 2.89. The first-order chi connectivity index (χ1) is 10.5. The molecule has 1 atom stereocenters. The van der Waals surface area contributed by atoms with Crippen LogP contribution in [0.15, 0.2) is 30.3 Å². The Morgan fingerprint density at radius 2 is 2.14 bits per heavy atom. The van der Waals surface area contributed by atoms with Crippen LogP contribution >= 0.6 is 11.3 Å². The smallest absolute Gasteiger partial charge is 0.323 e. The number of carboxylic acids is 1. The van der Waals surface area contributed by atoms with Gasteiger partial charge < -0.3 is 10.0 Å². The lowest BCUT2D eigenvalue weighted by Crippen LogP contribution is -2.56. The Kier molecular flexibility index (Phi) is 4.13. The molecule has 22 heavy (non-hydrogen) atoms. The van der Waals surface area contributed by atoms with Crippen molar-refractivity contribution in [3.63, 3.8) is 0 Å². The van der Waals surface area contributed by atoms with E-state index in [4.69, 9.17) is 5.11 Å². The predicted molar refractivity (Wildman–Crippen MR) is 85.9 cm³/mol. The number of amides is 1. The molecule has 6 heteroatoms. The van der Waals surface area contributed by atoms with Gasteiger partial charge in [0.25, 0.3) is 0 Å². The van der Waals surface area contributed by atoms with Crippen LogP contribution in [0.2, 0.25) is 0 Å². The maximum Gasteiger partial charge on any atom is 0.323 e. The van der Waals surface area contributed by atoms with E-state index in [2.05, 4.69) is 23.1 Å². The Bertz CT molecular complexity index is 679. The highest BCUT2D eigenvalue weighted by Gasteiger charge is 2.32. The number of carbonyl (C=O) groups is 2. The van der Waals surface area contributed by atoms with Crippen LogP contribution in [0.1, 0.15) is 11.8 Å². The van der Waals surface area contributed by atoms with Crippen molar-refractivity contribution in [1.29, 1.82) is 0 Å². The van der Waals surface area contributed by atoms with E-state index in [1.165, 1.54) is 19.9 Å². The molecule has 0 radical (unpaired) electrons. The van der Waals surface area contributed by atoms with Gasteiger partial charge in [0.15, 0.2) is 0 Å². The van der Waals surface area contributed by atoms with Crippen molar-refractivity contribution < 1.29 is 14.7 Å². The summed E-state index contributed by atoms with van der Waals surface area (Å²) >= 11 is 1.74. The molecular formula is C16H18N2O3S. The van der Waals surface area contributed by atoms with Gasteiger partial charge in [-0.05, 0) is 24.4 Å². The van der Waals surface area contributed by atoms with Crippen molar-refractivity contribution in [2.75, 3.05) is 19.6 Å². The molecule has 1 N–H and O–H groups in total. The van der Waals surface area contributed by atoms with Crippen molar-refractivity contribution >= 4 is 33.3 Å². The van der Waals surface area contributed by atoms with Gasteiger partial charge in [0, 0.05) is 29.2 Å². The summed E-state index contributed by atoms with van der Waals surface area (Å²) in [5.41, 5.74) is 0. The first-order valence-electron chi connectivity index (χ1n) is 7.26. The lowest BCUT2D eigenvalue weighted by atomic mass is 10.1. The van der Waals surface area contributed by atoms with Crippen LogP contribution in [0.25, 0.3) is 10.1 Å². The van der Waals surface area contributed by atoms with E-state index < -0.39 is 5.97 Å². The lowest BCUT2D eigenvalue weighted by Gasteiger charge is -2.38. The van der Waals surface area contributed by atoms with Crippen LogP contribution < -0.4 is 0 Å². The number of thiophene rings is 1. The zero-order valence-electron chi connectivity index (χ0n) is 12.4. The number of nitrogens with zero attached hydrogens (tertiary/aromatic N) is 2. The third-order valence-corrected chi connectivity index (χ3v) is 5.14. The number of rotatable bonds is 4. The van der Waals surface area contributed by atoms with E-state index >= 15 is 0 Å². The minimum atomic E-state index is -0.960. The molecule has 0 spiro atoms. The summed E-state index contributed by atoms with van der Waals surface area (Å²) in [5, 5.41) is 10.1. The number of piperazine rings is 1. The van der Waals surface area contributed by atoms with Gasteiger partial charge in [-0.25, -0.2) is 0 Å². The van der Waals surface area contributed by atoms with E-state index in [0.717, 1.165) is 6.54 Å². The Balaban J connectivity index is 1.71. The van der Waals surface area contributed by atoms with Crippen molar-refractivity contribution in [2.24, 2.45) is 0 Å². The Hall–Kier alpha value is -1.92. The number of carboxylic acid groups (broad SMARTS) is 1. The first kappa shape index (κ1) is 15.0.